The molecule has 2 atom stereocenters. The van der Waals surface area contributed by atoms with Gasteiger partial charge in [-0.05, 0) is 42.5 Å². The summed E-state index contributed by atoms with van der Waals surface area (Å²) in [4.78, 5) is 42.7. The molecule has 0 unspecified atom stereocenters. The van der Waals surface area contributed by atoms with Crippen molar-refractivity contribution in [1.29, 1.82) is 0 Å². The van der Waals surface area contributed by atoms with E-state index in [1.165, 1.54) is 19.4 Å². The first kappa shape index (κ1) is 21.1. The van der Waals surface area contributed by atoms with Crippen molar-refractivity contribution in [2.75, 3.05) is 19.0 Å². The van der Waals surface area contributed by atoms with E-state index in [-0.39, 0.29) is 36.3 Å². The van der Waals surface area contributed by atoms with Gasteiger partial charge in [0.25, 0.3) is 5.91 Å². The van der Waals surface area contributed by atoms with E-state index in [0.29, 0.717) is 13.0 Å². The SMILES string of the molecule is COc1ncc(NC(=O)C(=O)N2C[C@@H](C)CC[C@@H]2c2ccc(O)cc2)cc1C(N)=O.[HH]. The van der Waals surface area contributed by atoms with Crippen LogP contribution in [-0.2, 0) is 9.59 Å². The molecule has 160 valence electrons. The monoisotopic (exact) mass is 414 g/mol. The Hall–Kier alpha value is -3.62. The van der Waals surface area contributed by atoms with Crippen LogP contribution in [0.25, 0.3) is 0 Å². The number of carbonyl (C=O) groups excluding carboxylic acids is 3. The van der Waals surface area contributed by atoms with E-state index < -0.39 is 17.7 Å². The van der Waals surface area contributed by atoms with Gasteiger partial charge in [-0.25, -0.2) is 4.98 Å². The number of likely N-dealkylation sites (tertiary alicyclic amines) is 1. The number of nitrogens with two attached hydrogens (primary N) is 1. The number of pyridine rings is 1. The second-order valence-electron chi connectivity index (χ2n) is 7.35. The van der Waals surface area contributed by atoms with E-state index in [1.807, 2.05) is 6.92 Å². The fourth-order valence-electron chi connectivity index (χ4n) is 3.59. The van der Waals surface area contributed by atoms with Gasteiger partial charge in [0.15, 0.2) is 0 Å². The summed E-state index contributed by atoms with van der Waals surface area (Å²) >= 11 is 0. The molecule has 1 aliphatic rings. The van der Waals surface area contributed by atoms with E-state index >= 15 is 0 Å². The van der Waals surface area contributed by atoms with Crippen molar-refractivity contribution in [3.63, 3.8) is 0 Å². The number of methoxy groups -OCH3 is 1. The van der Waals surface area contributed by atoms with Gasteiger partial charge >= 0.3 is 11.8 Å². The predicted octanol–water partition coefficient (Wildman–Crippen LogP) is 2.08. The van der Waals surface area contributed by atoms with Crippen molar-refractivity contribution in [1.82, 2.24) is 9.88 Å². The number of ether oxygens (including phenoxy) is 1. The van der Waals surface area contributed by atoms with E-state index in [9.17, 15) is 19.5 Å². The van der Waals surface area contributed by atoms with Crippen LogP contribution in [0.1, 0.15) is 43.2 Å². The molecule has 0 bridgehead atoms. The molecule has 2 aromatic rings. The predicted molar refractivity (Wildman–Crippen MR) is 111 cm³/mol. The Morgan fingerprint density at radius 1 is 1.27 bits per heavy atom. The van der Waals surface area contributed by atoms with E-state index in [0.717, 1.165) is 12.0 Å². The van der Waals surface area contributed by atoms with Crippen molar-refractivity contribution in [2.45, 2.75) is 25.8 Å². The van der Waals surface area contributed by atoms with Gasteiger partial charge in [-0.1, -0.05) is 19.1 Å². The Bertz CT molecular complexity index is 967. The minimum absolute atomic E-state index is 0. The summed E-state index contributed by atoms with van der Waals surface area (Å²) in [7, 11) is 1.34. The van der Waals surface area contributed by atoms with Crippen LogP contribution in [-0.4, -0.2) is 46.4 Å². The zero-order valence-corrected chi connectivity index (χ0v) is 16.8. The molecule has 2 heterocycles. The smallest absolute Gasteiger partial charge is 0.313 e. The van der Waals surface area contributed by atoms with Crippen LogP contribution in [0.2, 0.25) is 0 Å². The van der Waals surface area contributed by atoms with Gasteiger partial charge in [0, 0.05) is 7.97 Å². The van der Waals surface area contributed by atoms with Crippen LogP contribution in [0.4, 0.5) is 5.69 Å². The van der Waals surface area contributed by atoms with Crippen molar-refractivity contribution >= 4 is 23.4 Å². The summed E-state index contributed by atoms with van der Waals surface area (Å²) in [6.07, 6.45) is 2.91. The topological polar surface area (TPSA) is 135 Å². The minimum Gasteiger partial charge on any atom is -0.508 e. The highest BCUT2D eigenvalue weighted by Gasteiger charge is 2.34. The van der Waals surface area contributed by atoms with E-state index in [2.05, 4.69) is 10.3 Å². The van der Waals surface area contributed by atoms with Crippen LogP contribution in [0, 0.1) is 5.92 Å². The highest BCUT2D eigenvalue weighted by atomic mass is 16.5. The molecule has 9 nitrogen and oxygen atoms in total. The third kappa shape index (κ3) is 4.51. The van der Waals surface area contributed by atoms with Crippen LogP contribution in [0.3, 0.4) is 0 Å². The highest BCUT2D eigenvalue weighted by Crippen LogP contribution is 2.34. The maximum Gasteiger partial charge on any atom is 0.313 e. The molecule has 30 heavy (non-hydrogen) atoms. The first-order valence-corrected chi connectivity index (χ1v) is 9.55. The molecule has 0 spiro atoms. The molecule has 1 saturated heterocycles. The molecule has 1 aromatic carbocycles. The fourth-order valence-corrected chi connectivity index (χ4v) is 3.59. The highest BCUT2D eigenvalue weighted by molar-refractivity contribution is 6.39. The lowest BCUT2D eigenvalue weighted by Crippen LogP contribution is -2.46. The number of phenols is 1. The Kier molecular flexibility index (Phi) is 6.20. The molecule has 0 aliphatic carbocycles. The molecule has 1 aromatic heterocycles. The Morgan fingerprint density at radius 2 is 1.97 bits per heavy atom. The minimum atomic E-state index is -0.838. The second kappa shape index (κ2) is 8.81. The molecular formula is C21H26N4O5. The van der Waals surface area contributed by atoms with Gasteiger partial charge in [0.1, 0.15) is 11.3 Å². The Balaban J connectivity index is 0.00000341. The van der Waals surface area contributed by atoms with Crippen molar-refractivity contribution in [3.05, 3.63) is 47.7 Å². The van der Waals surface area contributed by atoms with Crippen LogP contribution in [0.5, 0.6) is 11.6 Å². The number of nitrogens with one attached hydrogen (secondary N) is 1. The number of anilines is 1. The normalized spacial score (nSPS) is 18.5. The fraction of sp³-hybridized carbons (Fsp3) is 0.333. The Labute approximate surface area is 175 Å². The molecule has 1 fully saturated rings. The Morgan fingerprint density at radius 3 is 2.60 bits per heavy atom. The van der Waals surface area contributed by atoms with Crippen molar-refractivity contribution in [2.24, 2.45) is 11.7 Å². The first-order valence-electron chi connectivity index (χ1n) is 9.55. The zero-order valence-electron chi connectivity index (χ0n) is 16.8. The number of hydrogen-bond donors (Lipinski definition) is 3. The summed E-state index contributed by atoms with van der Waals surface area (Å²) < 4.78 is 4.97. The summed E-state index contributed by atoms with van der Waals surface area (Å²) in [6, 6.07) is 7.67. The van der Waals surface area contributed by atoms with Gasteiger partial charge in [-0.15, -0.1) is 0 Å². The van der Waals surface area contributed by atoms with Gasteiger partial charge in [-0.3, -0.25) is 14.4 Å². The van der Waals surface area contributed by atoms with Crippen molar-refractivity contribution < 1.29 is 25.7 Å². The van der Waals surface area contributed by atoms with Crippen molar-refractivity contribution in [3.8, 4) is 11.6 Å². The lowest BCUT2D eigenvalue weighted by Gasteiger charge is -2.38. The first-order chi connectivity index (χ1) is 14.3. The molecule has 3 amide bonds. The number of amides is 3. The lowest BCUT2D eigenvalue weighted by atomic mass is 9.90. The zero-order chi connectivity index (χ0) is 21.8. The third-order valence-corrected chi connectivity index (χ3v) is 5.12. The average Bonchev–Trinajstić information content (AvgIpc) is 2.73. The summed E-state index contributed by atoms with van der Waals surface area (Å²) in [5, 5.41) is 12.0. The number of piperidine rings is 1. The molecule has 4 N–H and O–H groups in total. The lowest BCUT2D eigenvalue weighted by molar-refractivity contribution is -0.146. The number of primary amides is 1. The molecule has 3 rings (SSSR count). The number of hydrogen-bond acceptors (Lipinski definition) is 6. The standard InChI is InChI=1S/C21H24N4O5.H2/c1-12-3-8-17(13-4-6-15(26)7-5-13)25(11-12)21(29)19(28)24-14-9-16(18(22)27)20(30-2)23-10-14;/h4-7,9-10,12,17,26H,3,8,11H2,1-2H3,(H2,22,27)(H,24,28);1H/t12-,17+;/m0./s1. The van der Waals surface area contributed by atoms with Crippen LogP contribution in [0.15, 0.2) is 36.5 Å². The van der Waals surface area contributed by atoms with Gasteiger partial charge in [-0.2, -0.15) is 0 Å². The number of aromatic hydroxyl groups is 1. The quantitative estimate of drug-likeness (QED) is 0.656. The molecule has 0 saturated carbocycles. The van der Waals surface area contributed by atoms with Crippen LogP contribution >= 0.6 is 0 Å². The van der Waals surface area contributed by atoms with Gasteiger partial charge < -0.3 is 25.8 Å². The molecule has 1 aliphatic heterocycles. The van der Waals surface area contributed by atoms with Crippen LogP contribution < -0.4 is 15.8 Å². The van der Waals surface area contributed by atoms with E-state index in [1.54, 1.807) is 29.2 Å². The second-order valence-corrected chi connectivity index (χ2v) is 7.35. The summed E-state index contributed by atoms with van der Waals surface area (Å²) in [6.45, 7) is 2.46. The van der Waals surface area contributed by atoms with Gasteiger partial charge in [0.2, 0.25) is 5.88 Å². The maximum absolute atomic E-state index is 13.0. The maximum atomic E-state index is 13.0. The summed E-state index contributed by atoms with van der Waals surface area (Å²) in [5.41, 5.74) is 6.32. The van der Waals surface area contributed by atoms with Gasteiger partial charge in [0.05, 0.1) is 25.0 Å². The molecular weight excluding hydrogens is 388 g/mol. The number of aromatic nitrogens is 1. The number of benzene rings is 1. The average molecular weight is 414 g/mol. The number of carbonyl (C=O) groups is 3. The molecule has 0 radical (unpaired) electrons. The number of phenolic OH excluding ortho intramolecular Hbond substituents is 1. The third-order valence-electron chi connectivity index (χ3n) is 5.12. The molecule has 9 heteroatoms. The number of nitrogens with zero attached hydrogens (tertiary/aromatic N) is 2. The number of rotatable bonds is 4. The van der Waals surface area contributed by atoms with E-state index in [4.69, 9.17) is 10.5 Å². The summed E-state index contributed by atoms with van der Waals surface area (Å²) in [5.74, 6) is -1.87. The largest absolute Gasteiger partial charge is 0.508 e.